The highest BCUT2D eigenvalue weighted by Gasteiger charge is 2.30. The minimum atomic E-state index is -0.0277. The summed E-state index contributed by atoms with van der Waals surface area (Å²) in [4.78, 5) is 14.7. The first-order valence-electron chi connectivity index (χ1n) is 7.37. The molecule has 130 valence electrons. The number of hydrogen-bond donors (Lipinski definition) is 1. The van der Waals surface area contributed by atoms with Gasteiger partial charge in [0.15, 0.2) is 11.5 Å². The van der Waals surface area contributed by atoms with Crippen LogP contribution in [0, 0.1) is 0 Å². The molecule has 1 N–H and O–H groups in total. The van der Waals surface area contributed by atoms with E-state index in [-0.39, 0.29) is 30.4 Å². The van der Waals surface area contributed by atoms with E-state index in [2.05, 4.69) is 12.2 Å². The third-order valence-corrected chi connectivity index (χ3v) is 4.21. The van der Waals surface area contributed by atoms with Gasteiger partial charge in [-0.1, -0.05) is 0 Å². The van der Waals surface area contributed by atoms with Gasteiger partial charge < -0.3 is 24.4 Å². The lowest BCUT2D eigenvalue weighted by atomic mass is 10.0. The second kappa shape index (κ2) is 8.26. The van der Waals surface area contributed by atoms with Crippen molar-refractivity contribution in [3.63, 3.8) is 0 Å². The van der Waals surface area contributed by atoms with E-state index >= 15 is 0 Å². The normalized spacial score (nSPS) is 20.5. The molecule has 1 fully saturated rings. The summed E-state index contributed by atoms with van der Waals surface area (Å²) >= 11 is 0. The fourth-order valence-electron chi connectivity index (χ4n) is 2.71. The molecule has 6 nitrogen and oxygen atoms in total. The Morgan fingerprint density at radius 2 is 1.70 bits per heavy atom. The van der Waals surface area contributed by atoms with Crippen LogP contribution in [0.25, 0.3) is 0 Å². The van der Waals surface area contributed by atoms with E-state index in [9.17, 15) is 4.79 Å². The first-order valence-corrected chi connectivity index (χ1v) is 7.37. The number of nitrogens with one attached hydrogen (secondary N) is 1. The van der Waals surface area contributed by atoms with Gasteiger partial charge in [-0.25, -0.2) is 0 Å². The topological polar surface area (TPSA) is 60.0 Å². The second-order valence-electron chi connectivity index (χ2n) is 5.40. The molecule has 1 amide bonds. The Kier molecular flexibility index (Phi) is 6.97. The van der Waals surface area contributed by atoms with Gasteiger partial charge in [0.05, 0.1) is 21.3 Å². The molecule has 1 aliphatic heterocycles. The van der Waals surface area contributed by atoms with E-state index < -0.39 is 0 Å². The van der Waals surface area contributed by atoms with Crippen LogP contribution >= 0.6 is 12.4 Å². The van der Waals surface area contributed by atoms with Crippen molar-refractivity contribution in [2.45, 2.75) is 25.9 Å². The van der Waals surface area contributed by atoms with Crippen molar-refractivity contribution in [3.05, 3.63) is 17.7 Å². The predicted molar refractivity (Wildman–Crippen MR) is 91.3 cm³/mol. The van der Waals surface area contributed by atoms with Crippen molar-refractivity contribution >= 4 is 18.3 Å². The number of amides is 1. The molecule has 23 heavy (non-hydrogen) atoms. The van der Waals surface area contributed by atoms with Gasteiger partial charge in [-0.2, -0.15) is 0 Å². The minimum absolute atomic E-state index is 0. The number of benzene rings is 1. The summed E-state index contributed by atoms with van der Waals surface area (Å²) in [6, 6.07) is 3.78. The highest BCUT2D eigenvalue weighted by molar-refractivity contribution is 5.96. The van der Waals surface area contributed by atoms with Gasteiger partial charge in [0.2, 0.25) is 5.75 Å². The van der Waals surface area contributed by atoms with Crippen LogP contribution in [-0.2, 0) is 0 Å². The molecule has 0 saturated carbocycles. The van der Waals surface area contributed by atoms with Gasteiger partial charge in [-0.05, 0) is 26.0 Å². The van der Waals surface area contributed by atoms with Crippen molar-refractivity contribution in [1.29, 1.82) is 0 Å². The number of nitrogens with zero attached hydrogens (tertiary/aromatic N) is 1. The summed E-state index contributed by atoms with van der Waals surface area (Å²) in [6.45, 7) is 5.61. The average molecular weight is 345 g/mol. The summed E-state index contributed by atoms with van der Waals surface area (Å²) in [5.41, 5.74) is 0.537. The van der Waals surface area contributed by atoms with Crippen LogP contribution < -0.4 is 19.5 Å². The summed E-state index contributed by atoms with van der Waals surface area (Å²) < 4.78 is 15.9. The molecular weight excluding hydrogens is 320 g/mol. The molecule has 1 saturated heterocycles. The average Bonchev–Trinajstić information content (AvgIpc) is 2.55. The number of hydrogen-bond acceptors (Lipinski definition) is 5. The maximum atomic E-state index is 12.8. The van der Waals surface area contributed by atoms with Crippen LogP contribution in [0.4, 0.5) is 0 Å². The van der Waals surface area contributed by atoms with E-state index in [0.29, 0.717) is 29.4 Å². The van der Waals surface area contributed by atoms with Gasteiger partial charge in [-0.15, -0.1) is 12.4 Å². The fraction of sp³-hybridized carbons (Fsp3) is 0.562. The molecule has 1 aromatic rings. The Balaban J connectivity index is 0.00000264. The second-order valence-corrected chi connectivity index (χ2v) is 5.40. The van der Waals surface area contributed by atoms with E-state index in [4.69, 9.17) is 14.2 Å². The molecule has 2 atom stereocenters. The van der Waals surface area contributed by atoms with E-state index in [1.54, 1.807) is 33.5 Å². The smallest absolute Gasteiger partial charge is 0.254 e. The molecule has 7 heteroatoms. The molecular formula is C16H25ClN2O4. The van der Waals surface area contributed by atoms with Crippen molar-refractivity contribution in [1.82, 2.24) is 10.2 Å². The van der Waals surface area contributed by atoms with Crippen LogP contribution in [0.1, 0.15) is 24.2 Å². The lowest BCUT2D eigenvalue weighted by molar-refractivity contribution is 0.0602. The third-order valence-electron chi connectivity index (χ3n) is 4.21. The van der Waals surface area contributed by atoms with Gasteiger partial charge in [-0.3, -0.25) is 4.79 Å². The highest BCUT2D eigenvalue weighted by Crippen LogP contribution is 2.38. The lowest BCUT2D eigenvalue weighted by Crippen LogP contribution is -2.57. The van der Waals surface area contributed by atoms with Crippen LogP contribution in [0.2, 0.25) is 0 Å². The van der Waals surface area contributed by atoms with Gasteiger partial charge in [0.25, 0.3) is 5.91 Å². The molecule has 0 bridgehead atoms. The van der Waals surface area contributed by atoms with Gasteiger partial charge in [0.1, 0.15) is 0 Å². The monoisotopic (exact) mass is 344 g/mol. The zero-order chi connectivity index (χ0) is 16.3. The van der Waals surface area contributed by atoms with Crippen LogP contribution in [0.15, 0.2) is 12.1 Å². The standard InChI is InChI=1S/C16H24N2O4.ClH/c1-10-11(2)18(7-6-17-10)16(19)12-8-13(20-3)15(22-5)14(9-12)21-4;/h8-11,17H,6-7H2,1-5H3;1H. The number of halogens is 1. The number of rotatable bonds is 4. The maximum absolute atomic E-state index is 12.8. The molecule has 0 aliphatic carbocycles. The first-order chi connectivity index (χ1) is 10.5. The fourth-order valence-corrected chi connectivity index (χ4v) is 2.71. The maximum Gasteiger partial charge on any atom is 0.254 e. The Labute approximate surface area is 143 Å². The van der Waals surface area contributed by atoms with Gasteiger partial charge in [0, 0.05) is 30.7 Å². The van der Waals surface area contributed by atoms with Crippen LogP contribution in [0.5, 0.6) is 17.2 Å². The molecule has 2 rings (SSSR count). The molecule has 0 aromatic heterocycles. The Bertz CT molecular complexity index is 528. The number of ether oxygens (including phenoxy) is 3. The van der Waals surface area contributed by atoms with E-state index in [0.717, 1.165) is 6.54 Å². The first kappa shape index (κ1) is 19.4. The Morgan fingerprint density at radius 3 is 2.17 bits per heavy atom. The third kappa shape index (κ3) is 3.82. The van der Waals surface area contributed by atoms with Crippen LogP contribution in [0.3, 0.4) is 0 Å². The van der Waals surface area contributed by atoms with Crippen LogP contribution in [-0.4, -0.2) is 57.3 Å². The SMILES string of the molecule is COc1cc(C(=O)N2CCNC(C)C2C)cc(OC)c1OC.Cl. The lowest BCUT2D eigenvalue weighted by Gasteiger charge is -2.38. The summed E-state index contributed by atoms with van der Waals surface area (Å²) in [7, 11) is 4.63. The molecule has 1 heterocycles. The summed E-state index contributed by atoms with van der Waals surface area (Å²) in [5.74, 6) is 1.44. The molecule has 2 unspecified atom stereocenters. The number of piperazine rings is 1. The zero-order valence-electron chi connectivity index (χ0n) is 14.2. The molecule has 0 spiro atoms. The number of methoxy groups -OCH3 is 3. The van der Waals surface area contributed by atoms with E-state index in [1.165, 1.54) is 0 Å². The quantitative estimate of drug-likeness (QED) is 0.904. The minimum Gasteiger partial charge on any atom is -0.493 e. The summed E-state index contributed by atoms with van der Waals surface area (Å²) in [6.07, 6.45) is 0. The molecule has 1 aliphatic rings. The van der Waals surface area contributed by atoms with Crippen molar-refractivity contribution in [2.24, 2.45) is 0 Å². The number of carbonyl (C=O) groups is 1. The van der Waals surface area contributed by atoms with Gasteiger partial charge >= 0.3 is 0 Å². The zero-order valence-corrected chi connectivity index (χ0v) is 15.0. The van der Waals surface area contributed by atoms with Crippen molar-refractivity contribution in [3.8, 4) is 17.2 Å². The molecule has 1 aromatic carbocycles. The molecule has 0 radical (unpaired) electrons. The Morgan fingerprint density at radius 1 is 1.13 bits per heavy atom. The summed E-state index contributed by atoms with van der Waals surface area (Å²) in [5, 5.41) is 3.37. The highest BCUT2D eigenvalue weighted by atomic mass is 35.5. The predicted octanol–water partition coefficient (Wildman–Crippen LogP) is 1.96. The largest absolute Gasteiger partial charge is 0.493 e. The Hall–Kier alpha value is -1.66. The number of carbonyl (C=O) groups excluding carboxylic acids is 1. The van der Waals surface area contributed by atoms with Crippen molar-refractivity contribution in [2.75, 3.05) is 34.4 Å². The van der Waals surface area contributed by atoms with E-state index in [1.807, 2.05) is 11.8 Å². The van der Waals surface area contributed by atoms with Crippen molar-refractivity contribution < 1.29 is 19.0 Å².